The number of aromatic hydroxyl groups is 1. The summed E-state index contributed by atoms with van der Waals surface area (Å²) in [6.07, 6.45) is 0. The van der Waals surface area contributed by atoms with Crippen LogP contribution in [0.2, 0.25) is 0 Å². The average Bonchev–Trinajstić information content (AvgIpc) is 2.62. The van der Waals surface area contributed by atoms with Gasteiger partial charge in [-0.15, -0.1) is 0 Å². The van der Waals surface area contributed by atoms with Gasteiger partial charge < -0.3 is 24.1 Å². The Labute approximate surface area is 156 Å². The molecule has 0 spiro atoms. The van der Waals surface area contributed by atoms with E-state index < -0.39 is 11.0 Å². The van der Waals surface area contributed by atoms with Crippen LogP contribution in [-0.4, -0.2) is 24.4 Å². The SMILES string of the molecule is COc1ccc(-c2cc(=O)c3c(O)c(C)c(OC)c(C(C)(C)O)c3o2)cc1. The molecule has 0 fully saturated rings. The van der Waals surface area contributed by atoms with Crippen molar-refractivity contribution in [2.24, 2.45) is 0 Å². The quantitative estimate of drug-likeness (QED) is 0.728. The van der Waals surface area contributed by atoms with Gasteiger partial charge in [0.15, 0.2) is 11.0 Å². The molecule has 0 bridgehead atoms. The normalized spacial score (nSPS) is 11.6. The lowest BCUT2D eigenvalue weighted by Gasteiger charge is -2.24. The Morgan fingerprint density at radius 1 is 1.07 bits per heavy atom. The fourth-order valence-corrected chi connectivity index (χ4v) is 3.19. The van der Waals surface area contributed by atoms with Gasteiger partial charge in [0.25, 0.3) is 0 Å². The van der Waals surface area contributed by atoms with Crippen LogP contribution in [0.1, 0.15) is 25.0 Å². The van der Waals surface area contributed by atoms with Crippen molar-refractivity contribution in [3.05, 3.63) is 51.7 Å². The van der Waals surface area contributed by atoms with Crippen LogP contribution in [-0.2, 0) is 5.60 Å². The van der Waals surface area contributed by atoms with E-state index in [4.69, 9.17) is 13.9 Å². The summed E-state index contributed by atoms with van der Waals surface area (Å²) < 4.78 is 16.6. The van der Waals surface area contributed by atoms with Crippen LogP contribution in [0, 0.1) is 6.92 Å². The second-order valence-corrected chi connectivity index (χ2v) is 6.85. The van der Waals surface area contributed by atoms with Crippen molar-refractivity contribution in [1.29, 1.82) is 0 Å². The summed E-state index contributed by atoms with van der Waals surface area (Å²) in [5.74, 6) is 1.05. The first kappa shape index (κ1) is 18.8. The summed E-state index contributed by atoms with van der Waals surface area (Å²) in [5, 5.41) is 21.2. The molecular weight excluding hydrogens is 348 g/mol. The molecule has 27 heavy (non-hydrogen) atoms. The van der Waals surface area contributed by atoms with Gasteiger partial charge in [-0.05, 0) is 45.0 Å². The van der Waals surface area contributed by atoms with E-state index in [1.54, 1.807) is 52.1 Å². The molecule has 2 N–H and O–H groups in total. The van der Waals surface area contributed by atoms with Gasteiger partial charge >= 0.3 is 0 Å². The molecule has 3 aromatic rings. The summed E-state index contributed by atoms with van der Waals surface area (Å²) in [7, 11) is 3.01. The van der Waals surface area contributed by atoms with Crippen LogP contribution in [0.3, 0.4) is 0 Å². The van der Waals surface area contributed by atoms with Gasteiger partial charge in [0.05, 0.1) is 25.4 Å². The second kappa shape index (κ2) is 6.63. The van der Waals surface area contributed by atoms with Gasteiger partial charge in [-0.2, -0.15) is 0 Å². The summed E-state index contributed by atoms with van der Waals surface area (Å²) in [6.45, 7) is 4.77. The van der Waals surface area contributed by atoms with E-state index in [2.05, 4.69) is 0 Å². The Bertz CT molecular complexity index is 1060. The molecular formula is C21H22O6. The predicted molar refractivity (Wildman–Crippen MR) is 103 cm³/mol. The van der Waals surface area contributed by atoms with Crippen molar-refractivity contribution < 1.29 is 24.1 Å². The number of fused-ring (bicyclic) bond motifs is 1. The third-order valence-electron chi connectivity index (χ3n) is 4.52. The van der Waals surface area contributed by atoms with E-state index in [1.165, 1.54) is 13.2 Å². The molecule has 0 amide bonds. The molecule has 6 heteroatoms. The van der Waals surface area contributed by atoms with E-state index in [9.17, 15) is 15.0 Å². The summed E-state index contributed by atoms with van der Waals surface area (Å²) in [4.78, 5) is 12.8. The maximum Gasteiger partial charge on any atom is 0.197 e. The zero-order chi connectivity index (χ0) is 19.9. The zero-order valence-corrected chi connectivity index (χ0v) is 15.9. The van der Waals surface area contributed by atoms with Crippen LogP contribution in [0.25, 0.3) is 22.3 Å². The number of phenols is 1. The fraction of sp³-hybridized carbons (Fsp3) is 0.286. The largest absolute Gasteiger partial charge is 0.507 e. The number of phenolic OH excluding ortho intramolecular Hbond substituents is 1. The smallest absolute Gasteiger partial charge is 0.197 e. The Morgan fingerprint density at radius 3 is 2.22 bits per heavy atom. The molecule has 142 valence electrons. The molecule has 0 atom stereocenters. The van der Waals surface area contributed by atoms with Gasteiger partial charge in [0, 0.05) is 17.2 Å². The van der Waals surface area contributed by atoms with Crippen LogP contribution in [0.5, 0.6) is 17.2 Å². The molecule has 0 aliphatic heterocycles. The molecule has 0 aliphatic carbocycles. The lowest BCUT2D eigenvalue weighted by atomic mass is 9.91. The number of aliphatic hydroxyl groups is 1. The van der Waals surface area contributed by atoms with Crippen molar-refractivity contribution >= 4 is 11.0 Å². The molecule has 2 aromatic carbocycles. The summed E-state index contributed by atoms with van der Waals surface area (Å²) in [5.41, 5.74) is -0.335. The molecule has 0 saturated heterocycles. The van der Waals surface area contributed by atoms with E-state index in [0.717, 1.165) is 0 Å². The highest BCUT2D eigenvalue weighted by Gasteiger charge is 2.31. The number of hydrogen-bond donors (Lipinski definition) is 2. The van der Waals surface area contributed by atoms with Gasteiger partial charge in [0.1, 0.15) is 28.4 Å². The van der Waals surface area contributed by atoms with Gasteiger partial charge in [-0.3, -0.25) is 4.79 Å². The first-order valence-electron chi connectivity index (χ1n) is 8.43. The first-order chi connectivity index (χ1) is 12.7. The maximum absolute atomic E-state index is 12.8. The third-order valence-corrected chi connectivity index (χ3v) is 4.52. The van der Waals surface area contributed by atoms with E-state index >= 15 is 0 Å². The van der Waals surface area contributed by atoms with Crippen LogP contribution >= 0.6 is 0 Å². The zero-order valence-electron chi connectivity index (χ0n) is 15.9. The highest BCUT2D eigenvalue weighted by atomic mass is 16.5. The van der Waals surface area contributed by atoms with E-state index in [-0.39, 0.29) is 22.5 Å². The van der Waals surface area contributed by atoms with Crippen LogP contribution in [0.15, 0.2) is 39.5 Å². The highest BCUT2D eigenvalue weighted by molar-refractivity contribution is 5.91. The predicted octanol–water partition coefficient (Wildman–Crippen LogP) is 3.72. The topological polar surface area (TPSA) is 89.1 Å². The number of hydrogen-bond acceptors (Lipinski definition) is 6. The second-order valence-electron chi connectivity index (χ2n) is 6.85. The summed E-state index contributed by atoms with van der Waals surface area (Å²) in [6, 6.07) is 8.35. The first-order valence-corrected chi connectivity index (χ1v) is 8.43. The molecule has 0 aliphatic rings. The molecule has 6 nitrogen and oxygen atoms in total. The molecule has 3 rings (SSSR count). The Kier molecular flexibility index (Phi) is 4.61. The number of methoxy groups -OCH3 is 2. The molecule has 0 radical (unpaired) electrons. The van der Waals surface area contributed by atoms with E-state index in [0.29, 0.717) is 28.2 Å². The molecule has 1 heterocycles. The van der Waals surface area contributed by atoms with Crippen molar-refractivity contribution in [3.8, 4) is 28.6 Å². The van der Waals surface area contributed by atoms with Crippen LogP contribution < -0.4 is 14.9 Å². The highest BCUT2D eigenvalue weighted by Crippen LogP contribution is 2.44. The minimum absolute atomic E-state index is 0.0164. The number of ether oxygens (including phenoxy) is 2. The van der Waals surface area contributed by atoms with E-state index in [1.807, 2.05) is 0 Å². The van der Waals surface area contributed by atoms with Crippen LogP contribution in [0.4, 0.5) is 0 Å². The van der Waals surface area contributed by atoms with Crippen molar-refractivity contribution in [2.75, 3.05) is 14.2 Å². The van der Waals surface area contributed by atoms with Gasteiger partial charge in [0.2, 0.25) is 0 Å². The number of benzene rings is 2. The van der Waals surface area contributed by atoms with Crippen molar-refractivity contribution in [1.82, 2.24) is 0 Å². The molecule has 0 unspecified atom stereocenters. The minimum atomic E-state index is -1.36. The standard InChI is InChI=1S/C21H22O6/c1-11-18(23)16-14(22)10-15(12-6-8-13(25-4)9-7-12)27-20(16)17(19(11)26-5)21(2,3)24/h6-10,23-24H,1-5H3. The Hall–Kier alpha value is -2.99. The monoisotopic (exact) mass is 370 g/mol. The molecule has 1 aromatic heterocycles. The average molecular weight is 370 g/mol. The maximum atomic E-state index is 12.8. The third kappa shape index (κ3) is 3.13. The lowest BCUT2D eigenvalue weighted by molar-refractivity contribution is 0.0760. The Morgan fingerprint density at radius 2 is 1.70 bits per heavy atom. The fourth-order valence-electron chi connectivity index (χ4n) is 3.19. The van der Waals surface area contributed by atoms with Crippen molar-refractivity contribution in [3.63, 3.8) is 0 Å². The number of rotatable bonds is 4. The van der Waals surface area contributed by atoms with Gasteiger partial charge in [-0.1, -0.05) is 0 Å². The Balaban J connectivity index is 2.42. The van der Waals surface area contributed by atoms with Gasteiger partial charge in [-0.25, -0.2) is 0 Å². The summed E-state index contributed by atoms with van der Waals surface area (Å²) >= 11 is 0. The molecule has 0 saturated carbocycles. The lowest BCUT2D eigenvalue weighted by Crippen LogP contribution is -2.19. The van der Waals surface area contributed by atoms with Crippen molar-refractivity contribution in [2.45, 2.75) is 26.4 Å². The minimum Gasteiger partial charge on any atom is -0.507 e.